The molecule has 2 rings (SSSR count). The Hall–Kier alpha value is -1.42. The summed E-state index contributed by atoms with van der Waals surface area (Å²) in [5.74, 6) is 0.700. The molecule has 0 aliphatic carbocycles. The van der Waals surface area contributed by atoms with Crippen LogP contribution >= 0.6 is 24.0 Å². The predicted molar refractivity (Wildman–Crippen MR) is 123 cm³/mol. The minimum absolute atomic E-state index is 0. The third-order valence-electron chi connectivity index (χ3n) is 4.92. The van der Waals surface area contributed by atoms with Crippen LogP contribution in [-0.4, -0.2) is 68.5 Å². The molecule has 158 valence electrons. The number of nitrogens with zero attached hydrogens (tertiary/aromatic N) is 3. The second-order valence-electron chi connectivity index (χ2n) is 7.22. The number of aliphatic imine (C=N–C) groups is 1. The summed E-state index contributed by atoms with van der Waals surface area (Å²) in [5, 5.41) is 6.48. The summed E-state index contributed by atoms with van der Waals surface area (Å²) in [5.41, 5.74) is 1.53. The van der Waals surface area contributed by atoms with Crippen molar-refractivity contribution in [1.82, 2.24) is 20.4 Å². The average molecular weight is 505 g/mol. The van der Waals surface area contributed by atoms with Crippen LogP contribution in [0.2, 0.25) is 0 Å². The standard InChI is InChI=1S/C20H32FN5O.HI/c1-15-8-9-16(13-17(15)21)14-24-20(22-2)23-10-6-12-26-11-5-7-18(26)19(27)25(3)4;/h8-9,13,18H,5-7,10-12,14H2,1-4H3,(H2,22,23,24);1H. The molecule has 0 saturated carbocycles. The van der Waals surface area contributed by atoms with Gasteiger partial charge >= 0.3 is 0 Å². The Labute approximate surface area is 185 Å². The highest BCUT2D eigenvalue weighted by Crippen LogP contribution is 2.18. The number of carbonyl (C=O) groups is 1. The number of hydrogen-bond donors (Lipinski definition) is 2. The molecule has 1 saturated heterocycles. The van der Waals surface area contributed by atoms with Crippen LogP contribution in [-0.2, 0) is 11.3 Å². The molecule has 0 radical (unpaired) electrons. The van der Waals surface area contributed by atoms with Gasteiger partial charge in [-0.2, -0.15) is 0 Å². The molecule has 1 aliphatic heterocycles. The van der Waals surface area contributed by atoms with Crippen molar-refractivity contribution < 1.29 is 9.18 Å². The van der Waals surface area contributed by atoms with E-state index in [1.54, 1.807) is 31.0 Å². The normalized spacial score (nSPS) is 17.2. The summed E-state index contributed by atoms with van der Waals surface area (Å²) in [6.07, 6.45) is 2.95. The van der Waals surface area contributed by atoms with Crippen LogP contribution in [0.3, 0.4) is 0 Å². The fraction of sp³-hybridized carbons (Fsp3) is 0.600. The molecule has 0 aromatic heterocycles. The third-order valence-corrected chi connectivity index (χ3v) is 4.92. The molecule has 1 aromatic rings. The van der Waals surface area contributed by atoms with E-state index in [0.717, 1.165) is 44.5 Å². The Kier molecular flexibility index (Phi) is 10.7. The molecular weight excluding hydrogens is 472 g/mol. The molecule has 1 heterocycles. The number of rotatable bonds is 7. The first-order chi connectivity index (χ1) is 12.9. The van der Waals surface area contributed by atoms with Crippen LogP contribution in [0.1, 0.15) is 30.4 Å². The molecule has 0 bridgehead atoms. The number of amides is 1. The second kappa shape index (κ2) is 12.2. The lowest BCUT2D eigenvalue weighted by Gasteiger charge is -2.26. The van der Waals surface area contributed by atoms with Gasteiger partial charge in [0.2, 0.25) is 5.91 Å². The van der Waals surface area contributed by atoms with Crippen molar-refractivity contribution in [3.8, 4) is 0 Å². The fourth-order valence-corrected chi connectivity index (χ4v) is 3.31. The second-order valence-corrected chi connectivity index (χ2v) is 7.22. The largest absolute Gasteiger partial charge is 0.356 e. The van der Waals surface area contributed by atoms with Crippen LogP contribution in [0.15, 0.2) is 23.2 Å². The zero-order valence-corrected chi connectivity index (χ0v) is 19.6. The number of hydrogen-bond acceptors (Lipinski definition) is 3. The van der Waals surface area contributed by atoms with Crippen molar-refractivity contribution in [2.24, 2.45) is 4.99 Å². The third kappa shape index (κ3) is 7.20. The number of halogens is 2. The fourth-order valence-electron chi connectivity index (χ4n) is 3.31. The maximum Gasteiger partial charge on any atom is 0.239 e. The molecule has 6 nitrogen and oxygen atoms in total. The van der Waals surface area contributed by atoms with Gasteiger partial charge in [0.1, 0.15) is 5.82 Å². The van der Waals surface area contributed by atoms with E-state index in [1.807, 2.05) is 20.2 Å². The lowest BCUT2D eigenvalue weighted by atomic mass is 10.1. The van der Waals surface area contributed by atoms with Gasteiger partial charge in [-0.15, -0.1) is 24.0 Å². The van der Waals surface area contributed by atoms with Crippen molar-refractivity contribution in [2.45, 2.75) is 38.8 Å². The lowest BCUT2D eigenvalue weighted by molar-refractivity contribution is -0.133. The van der Waals surface area contributed by atoms with Gasteiger partial charge in [0.25, 0.3) is 0 Å². The first kappa shape index (κ1) is 24.6. The Morgan fingerprint density at radius 3 is 2.75 bits per heavy atom. The van der Waals surface area contributed by atoms with Crippen molar-refractivity contribution in [3.63, 3.8) is 0 Å². The molecule has 8 heteroatoms. The van der Waals surface area contributed by atoms with E-state index >= 15 is 0 Å². The number of likely N-dealkylation sites (tertiary alicyclic amines) is 1. The van der Waals surface area contributed by atoms with Gasteiger partial charge < -0.3 is 15.5 Å². The van der Waals surface area contributed by atoms with E-state index in [1.165, 1.54) is 0 Å². The summed E-state index contributed by atoms with van der Waals surface area (Å²) < 4.78 is 13.6. The van der Waals surface area contributed by atoms with Crippen molar-refractivity contribution in [2.75, 3.05) is 40.8 Å². The summed E-state index contributed by atoms with van der Waals surface area (Å²) >= 11 is 0. The number of likely N-dealkylation sites (N-methyl/N-ethyl adjacent to an activating group) is 1. The van der Waals surface area contributed by atoms with Crippen molar-refractivity contribution in [3.05, 3.63) is 35.1 Å². The van der Waals surface area contributed by atoms with Gasteiger partial charge in [-0.05, 0) is 49.9 Å². The Morgan fingerprint density at radius 1 is 1.36 bits per heavy atom. The number of guanidine groups is 1. The van der Waals surface area contributed by atoms with Crippen LogP contribution in [0, 0.1) is 12.7 Å². The van der Waals surface area contributed by atoms with E-state index in [9.17, 15) is 9.18 Å². The van der Waals surface area contributed by atoms with Gasteiger partial charge in [-0.3, -0.25) is 14.7 Å². The molecular formula is C20H33FIN5O. The van der Waals surface area contributed by atoms with Crippen LogP contribution in [0.4, 0.5) is 4.39 Å². The number of carbonyl (C=O) groups excluding carboxylic acids is 1. The quantitative estimate of drug-likeness (QED) is 0.259. The first-order valence-electron chi connectivity index (χ1n) is 9.57. The van der Waals surface area contributed by atoms with Gasteiger partial charge in [0.15, 0.2) is 5.96 Å². The van der Waals surface area contributed by atoms with E-state index in [4.69, 9.17) is 0 Å². The van der Waals surface area contributed by atoms with Crippen LogP contribution in [0.25, 0.3) is 0 Å². The van der Waals surface area contributed by atoms with Crippen LogP contribution < -0.4 is 10.6 Å². The van der Waals surface area contributed by atoms with Gasteiger partial charge in [0.05, 0.1) is 6.04 Å². The van der Waals surface area contributed by atoms with E-state index in [-0.39, 0.29) is 41.7 Å². The number of aryl methyl sites for hydroxylation is 1. The van der Waals surface area contributed by atoms with Gasteiger partial charge in [-0.25, -0.2) is 4.39 Å². The molecule has 28 heavy (non-hydrogen) atoms. The van der Waals surface area contributed by atoms with Gasteiger partial charge in [0, 0.05) is 40.8 Å². The molecule has 1 fully saturated rings. The minimum Gasteiger partial charge on any atom is -0.356 e. The maximum absolute atomic E-state index is 13.6. The molecule has 1 aliphatic rings. The molecule has 1 aromatic carbocycles. The smallest absolute Gasteiger partial charge is 0.239 e. The highest BCUT2D eigenvalue weighted by atomic mass is 127. The molecule has 1 atom stereocenters. The van der Waals surface area contributed by atoms with Crippen molar-refractivity contribution in [1.29, 1.82) is 0 Å². The zero-order valence-electron chi connectivity index (χ0n) is 17.3. The molecule has 2 N–H and O–H groups in total. The average Bonchev–Trinajstić information content (AvgIpc) is 3.11. The summed E-state index contributed by atoms with van der Waals surface area (Å²) in [7, 11) is 5.35. The van der Waals surface area contributed by atoms with Crippen molar-refractivity contribution >= 4 is 35.8 Å². The van der Waals surface area contributed by atoms with E-state index in [0.29, 0.717) is 18.1 Å². The van der Waals surface area contributed by atoms with E-state index in [2.05, 4.69) is 20.5 Å². The molecule has 1 amide bonds. The monoisotopic (exact) mass is 505 g/mol. The van der Waals surface area contributed by atoms with Gasteiger partial charge in [-0.1, -0.05) is 12.1 Å². The molecule has 0 spiro atoms. The zero-order chi connectivity index (χ0) is 19.8. The SMILES string of the molecule is CN=C(NCCCN1CCCC1C(=O)N(C)C)NCc1ccc(C)c(F)c1.I. The van der Waals surface area contributed by atoms with Crippen LogP contribution in [0.5, 0.6) is 0 Å². The molecule has 1 unspecified atom stereocenters. The lowest BCUT2D eigenvalue weighted by Crippen LogP contribution is -2.44. The minimum atomic E-state index is -0.190. The Bertz CT molecular complexity index is 668. The highest BCUT2D eigenvalue weighted by Gasteiger charge is 2.30. The summed E-state index contributed by atoms with van der Waals surface area (Å²) in [6, 6.07) is 5.26. The summed E-state index contributed by atoms with van der Waals surface area (Å²) in [6.45, 7) is 4.90. The number of nitrogens with one attached hydrogen (secondary N) is 2. The van der Waals surface area contributed by atoms with E-state index < -0.39 is 0 Å². The highest BCUT2D eigenvalue weighted by molar-refractivity contribution is 14.0. The Morgan fingerprint density at radius 2 is 2.11 bits per heavy atom. The summed E-state index contributed by atoms with van der Waals surface area (Å²) in [4.78, 5) is 20.4. The Balaban J connectivity index is 0.00000392. The number of benzene rings is 1. The topological polar surface area (TPSA) is 60.0 Å². The maximum atomic E-state index is 13.6. The predicted octanol–water partition coefficient (Wildman–Crippen LogP) is 2.36. The first-order valence-corrected chi connectivity index (χ1v) is 9.57.